The summed E-state index contributed by atoms with van der Waals surface area (Å²) in [5.41, 5.74) is 11.5. The Morgan fingerprint density at radius 3 is 2.74 bits per heavy atom. The molecule has 3 N–H and O–H groups in total. The van der Waals surface area contributed by atoms with Crippen LogP contribution in [0.25, 0.3) is 16.6 Å². The number of hydrogen-bond donors (Lipinski definition) is 2. The third-order valence-corrected chi connectivity index (χ3v) is 5.58. The number of aromatic nitrogens is 2. The molecule has 1 atom stereocenters. The van der Waals surface area contributed by atoms with Gasteiger partial charge in [-0.15, -0.1) is 0 Å². The van der Waals surface area contributed by atoms with Crippen molar-refractivity contribution >= 4 is 23.1 Å². The van der Waals surface area contributed by atoms with E-state index in [1.54, 1.807) is 4.52 Å². The number of nitrogens with one attached hydrogen (secondary N) is 1. The molecule has 1 fully saturated rings. The molecule has 1 unspecified atom stereocenters. The summed E-state index contributed by atoms with van der Waals surface area (Å²) in [6.45, 7) is 2.49. The standard InChI is InChI=1S/C24H23N5O2/c1-16-7-8-18(19-9-11-28-20(13-19)15-23(25)27-28)14-21(16)26-24(30)29-22(10-12-31-29)17-5-3-2-4-6-17/h2-9,11,13-15,22H,10,12H2,1H3,(H2,25,27)(H,26,30). The molecule has 1 saturated heterocycles. The lowest BCUT2D eigenvalue weighted by molar-refractivity contribution is -0.0829. The molecule has 1 aliphatic rings. The Hall–Kier alpha value is -3.84. The number of fused-ring (bicyclic) bond motifs is 1. The van der Waals surface area contributed by atoms with Crippen molar-refractivity contribution < 1.29 is 9.63 Å². The van der Waals surface area contributed by atoms with Gasteiger partial charge in [-0.3, -0.25) is 4.84 Å². The van der Waals surface area contributed by atoms with Crippen molar-refractivity contribution in [1.82, 2.24) is 14.7 Å². The molecule has 2 aromatic heterocycles. The molecule has 7 heteroatoms. The minimum atomic E-state index is -0.273. The molecular weight excluding hydrogens is 390 g/mol. The SMILES string of the molecule is Cc1ccc(-c2ccn3nc(N)cc3c2)cc1NC(=O)N1OCCC1c1ccccc1. The number of nitrogens with zero attached hydrogens (tertiary/aromatic N) is 3. The molecular formula is C24H23N5O2. The lowest BCUT2D eigenvalue weighted by Gasteiger charge is -2.23. The van der Waals surface area contributed by atoms with Crippen LogP contribution in [-0.2, 0) is 4.84 Å². The maximum absolute atomic E-state index is 13.0. The van der Waals surface area contributed by atoms with Crippen molar-refractivity contribution in [2.45, 2.75) is 19.4 Å². The Morgan fingerprint density at radius 1 is 1.10 bits per heavy atom. The van der Waals surface area contributed by atoms with Crippen LogP contribution in [0.4, 0.5) is 16.3 Å². The zero-order valence-corrected chi connectivity index (χ0v) is 17.2. The first kappa shape index (κ1) is 19.1. The van der Waals surface area contributed by atoms with Crippen LogP contribution in [0.3, 0.4) is 0 Å². The summed E-state index contributed by atoms with van der Waals surface area (Å²) in [7, 11) is 0. The molecule has 2 aromatic carbocycles. The summed E-state index contributed by atoms with van der Waals surface area (Å²) in [6.07, 6.45) is 2.65. The first-order valence-electron chi connectivity index (χ1n) is 10.2. The summed E-state index contributed by atoms with van der Waals surface area (Å²) in [6, 6.07) is 21.4. The summed E-state index contributed by atoms with van der Waals surface area (Å²) in [5, 5.41) is 8.69. The Kier molecular flexibility index (Phi) is 4.80. The van der Waals surface area contributed by atoms with Crippen molar-refractivity contribution in [3.05, 3.63) is 84.1 Å². The number of rotatable bonds is 3. The summed E-state index contributed by atoms with van der Waals surface area (Å²) in [4.78, 5) is 18.7. The van der Waals surface area contributed by atoms with E-state index in [0.29, 0.717) is 12.4 Å². The van der Waals surface area contributed by atoms with Gasteiger partial charge in [0.15, 0.2) is 0 Å². The Bertz CT molecular complexity index is 1250. The van der Waals surface area contributed by atoms with Gasteiger partial charge in [-0.25, -0.2) is 9.31 Å². The highest BCUT2D eigenvalue weighted by atomic mass is 16.7. The van der Waals surface area contributed by atoms with Crippen molar-refractivity contribution in [3.63, 3.8) is 0 Å². The number of amides is 2. The minimum Gasteiger partial charge on any atom is -0.382 e. The number of benzene rings is 2. The van der Waals surface area contributed by atoms with Gasteiger partial charge in [0.1, 0.15) is 5.82 Å². The molecule has 3 heterocycles. The van der Waals surface area contributed by atoms with E-state index in [1.807, 2.05) is 79.9 Å². The summed E-state index contributed by atoms with van der Waals surface area (Å²) in [5.74, 6) is 0.479. The largest absolute Gasteiger partial charge is 0.382 e. The monoisotopic (exact) mass is 413 g/mol. The second-order valence-corrected chi connectivity index (χ2v) is 7.69. The minimum absolute atomic E-state index is 0.0978. The van der Waals surface area contributed by atoms with Crippen LogP contribution < -0.4 is 11.1 Å². The normalized spacial score (nSPS) is 16.0. The lowest BCUT2D eigenvalue weighted by atomic mass is 10.0. The highest BCUT2D eigenvalue weighted by Gasteiger charge is 2.32. The van der Waals surface area contributed by atoms with Crippen molar-refractivity contribution in [2.75, 3.05) is 17.7 Å². The van der Waals surface area contributed by atoms with Gasteiger partial charge < -0.3 is 11.1 Å². The van der Waals surface area contributed by atoms with E-state index in [-0.39, 0.29) is 12.1 Å². The number of hydrogen-bond acceptors (Lipinski definition) is 4. The first-order valence-corrected chi connectivity index (χ1v) is 10.2. The van der Waals surface area contributed by atoms with E-state index in [4.69, 9.17) is 10.6 Å². The quantitative estimate of drug-likeness (QED) is 0.505. The predicted octanol–water partition coefficient (Wildman–Crippen LogP) is 4.80. The number of carbonyl (C=O) groups is 1. The maximum Gasteiger partial charge on any atom is 0.346 e. The molecule has 0 spiro atoms. The van der Waals surface area contributed by atoms with Crippen molar-refractivity contribution in [1.29, 1.82) is 0 Å². The van der Waals surface area contributed by atoms with Crippen molar-refractivity contribution in [3.8, 4) is 11.1 Å². The van der Waals surface area contributed by atoms with E-state index in [1.165, 1.54) is 5.06 Å². The molecule has 31 heavy (non-hydrogen) atoms. The first-order chi connectivity index (χ1) is 15.1. The molecule has 2 amide bonds. The number of urea groups is 1. The molecule has 4 aromatic rings. The molecule has 0 saturated carbocycles. The number of nitrogens with two attached hydrogens (primary N) is 1. The van der Waals surface area contributed by atoms with Crippen LogP contribution in [0.15, 0.2) is 72.9 Å². The van der Waals surface area contributed by atoms with E-state index >= 15 is 0 Å². The van der Waals surface area contributed by atoms with Crippen LogP contribution in [-0.4, -0.2) is 27.3 Å². The summed E-state index contributed by atoms with van der Waals surface area (Å²) >= 11 is 0. The Balaban J connectivity index is 1.40. The van der Waals surface area contributed by atoms with Gasteiger partial charge in [-0.2, -0.15) is 10.2 Å². The van der Waals surface area contributed by atoms with E-state index < -0.39 is 0 Å². The average Bonchev–Trinajstić information content (AvgIpc) is 3.41. The number of nitrogen functional groups attached to an aromatic ring is 1. The van der Waals surface area contributed by atoms with Crippen LogP contribution in [0.2, 0.25) is 0 Å². The van der Waals surface area contributed by atoms with Crippen LogP contribution in [0.5, 0.6) is 0 Å². The van der Waals surface area contributed by atoms with Crippen LogP contribution in [0, 0.1) is 6.92 Å². The van der Waals surface area contributed by atoms with Gasteiger partial charge in [-0.05, 0) is 47.4 Å². The third-order valence-electron chi connectivity index (χ3n) is 5.58. The van der Waals surface area contributed by atoms with Gasteiger partial charge in [0, 0.05) is 24.4 Å². The lowest BCUT2D eigenvalue weighted by Crippen LogP contribution is -2.33. The molecule has 1 aliphatic heterocycles. The third kappa shape index (κ3) is 3.71. The fourth-order valence-electron chi connectivity index (χ4n) is 3.95. The van der Waals surface area contributed by atoms with Crippen LogP contribution in [0.1, 0.15) is 23.6 Å². The zero-order valence-electron chi connectivity index (χ0n) is 17.2. The molecule has 0 radical (unpaired) electrons. The fraction of sp³-hybridized carbons (Fsp3) is 0.167. The number of anilines is 2. The number of pyridine rings is 1. The highest BCUT2D eigenvalue weighted by Crippen LogP contribution is 2.32. The molecule has 0 aliphatic carbocycles. The second-order valence-electron chi connectivity index (χ2n) is 7.69. The molecule has 7 nitrogen and oxygen atoms in total. The highest BCUT2D eigenvalue weighted by molar-refractivity contribution is 5.91. The van der Waals surface area contributed by atoms with Gasteiger partial charge in [0.2, 0.25) is 0 Å². The second kappa shape index (κ2) is 7.77. The van der Waals surface area contributed by atoms with E-state index in [9.17, 15) is 4.79 Å². The Labute approximate surface area is 180 Å². The van der Waals surface area contributed by atoms with E-state index in [2.05, 4.69) is 10.4 Å². The van der Waals surface area contributed by atoms with Gasteiger partial charge in [-0.1, -0.05) is 42.5 Å². The molecule has 5 rings (SSSR count). The van der Waals surface area contributed by atoms with Gasteiger partial charge in [0.25, 0.3) is 0 Å². The van der Waals surface area contributed by atoms with Crippen LogP contribution >= 0.6 is 0 Å². The topological polar surface area (TPSA) is 84.9 Å². The van der Waals surface area contributed by atoms with Gasteiger partial charge >= 0.3 is 6.03 Å². The maximum atomic E-state index is 13.0. The summed E-state index contributed by atoms with van der Waals surface area (Å²) < 4.78 is 1.74. The number of hydroxylamine groups is 2. The Morgan fingerprint density at radius 2 is 1.90 bits per heavy atom. The van der Waals surface area contributed by atoms with E-state index in [0.717, 1.165) is 39.9 Å². The predicted molar refractivity (Wildman–Crippen MR) is 120 cm³/mol. The smallest absolute Gasteiger partial charge is 0.346 e. The van der Waals surface area contributed by atoms with Crippen molar-refractivity contribution in [2.24, 2.45) is 0 Å². The van der Waals surface area contributed by atoms with Gasteiger partial charge in [0.05, 0.1) is 18.2 Å². The fourth-order valence-corrected chi connectivity index (χ4v) is 3.95. The molecule has 156 valence electrons. The molecule has 0 bridgehead atoms. The zero-order chi connectivity index (χ0) is 21.4. The number of carbonyl (C=O) groups excluding carboxylic acids is 1. The number of aryl methyl sites for hydroxylation is 1. The average molecular weight is 413 g/mol.